The molecule has 0 fully saturated rings. The number of nitrogens with zero attached hydrogens (tertiary/aromatic N) is 3. The van der Waals surface area contributed by atoms with E-state index >= 15 is 0 Å². The number of benzene rings is 2. The predicted octanol–water partition coefficient (Wildman–Crippen LogP) is 1.46. The van der Waals surface area contributed by atoms with Crippen LogP contribution in [0.1, 0.15) is 18.4 Å². The zero-order valence-electron chi connectivity index (χ0n) is 20.5. The Bertz CT molecular complexity index is 1300. The Morgan fingerprint density at radius 3 is 2.68 bits per heavy atom. The van der Waals surface area contributed by atoms with Gasteiger partial charge in [-0.25, -0.2) is 4.98 Å². The molecule has 0 spiro atoms. The zero-order chi connectivity index (χ0) is 26.0. The monoisotopic (exact) mass is 505 g/mol. The number of carbonyl (C=O) groups is 1. The molecule has 3 aromatic rings. The van der Waals surface area contributed by atoms with E-state index in [1.165, 1.54) is 4.57 Å². The van der Waals surface area contributed by atoms with Gasteiger partial charge < -0.3 is 31.6 Å². The molecule has 0 aliphatic carbocycles. The molecular weight excluding hydrogens is 474 g/mol. The fraction of sp³-hybridized carbons (Fsp3) is 0.308. The van der Waals surface area contributed by atoms with Crippen molar-refractivity contribution >= 4 is 17.7 Å². The molecule has 1 aliphatic heterocycles. The van der Waals surface area contributed by atoms with E-state index in [0.717, 1.165) is 18.4 Å². The summed E-state index contributed by atoms with van der Waals surface area (Å²) in [5.74, 6) is 1.15. The molecule has 0 radical (unpaired) electrons. The number of hydrogen-bond donors (Lipinski definition) is 4. The zero-order valence-corrected chi connectivity index (χ0v) is 20.5. The number of nitrogens with two attached hydrogens (primary N) is 2. The van der Waals surface area contributed by atoms with Crippen LogP contribution in [-0.2, 0) is 17.8 Å². The van der Waals surface area contributed by atoms with Crippen molar-refractivity contribution in [2.45, 2.75) is 25.8 Å². The average molecular weight is 506 g/mol. The van der Waals surface area contributed by atoms with Gasteiger partial charge in [0.25, 0.3) is 5.56 Å². The largest absolute Gasteiger partial charge is 0.454 e. The van der Waals surface area contributed by atoms with Crippen molar-refractivity contribution in [2.24, 2.45) is 16.5 Å². The summed E-state index contributed by atoms with van der Waals surface area (Å²) in [6.07, 6.45) is 3.75. The highest BCUT2D eigenvalue weighted by Gasteiger charge is 2.18. The molecule has 194 valence electrons. The van der Waals surface area contributed by atoms with Crippen LogP contribution in [0.25, 0.3) is 11.3 Å². The van der Waals surface area contributed by atoms with Gasteiger partial charge in [-0.1, -0.05) is 30.3 Å². The fourth-order valence-corrected chi connectivity index (χ4v) is 3.89. The number of amides is 1. The highest BCUT2D eigenvalue weighted by atomic mass is 16.7. The summed E-state index contributed by atoms with van der Waals surface area (Å²) < 4.78 is 12.3. The van der Waals surface area contributed by atoms with Crippen LogP contribution in [0.4, 0.5) is 5.82 Å². The summed E-state index contributed by atoms with van der Waals surface area (Å²) in [6.45, 7) is 1.44. The third kappa shape index (κ3) is 7.00. The van der Waals surface area contributed by atoms with E-state index in [9.17, 15) is 9.59 Å². The van der Waals surface area contributed by atoms with E-state index in [4.69, 9.17) is 20.9 Å². The molecule has 1 aromatic heterocycles. The quantitative estimate of drug-likeness (QED) is 0.164. The lowest BCUT2D eigenvalue weighted by Gasteiger charge is -2.15. The number of nitrogens with one attached hydrogen (secondary N) is 2. The van der Waals surface area contributed by atoms with Crippen molar-refractivity contribution in [2.75, 3.05) is 31.7 Å². The second-order valence-corrected chi connectivity index (χ2v) is 8.48. The first kappa shape index (κ1) is 25.5. The Hall–Kier alpha value is -4.54. The summed E-state index contributed by atoms with van der Waals surface area (Å²) >= 11 is 0. The molecule has 11 nitrogen and oxygen atoms in total. The maximum atomic E-state index is 13.4. The lowest BCUT2D eigenvalue weighted by atomic mass is 10.1. The topological polar surface area (TPSA) is 159 Å². The molecule has 0 saturated carbocycles. The lowest BCUT2D eigenvalue weighted by molar-refractivity contribution is -0.121. The van der Waals surface area contributed by atoms with Crippen molar-refractivity contribution < 1.29 is 14.3 Å². The highest BCUT2D eigenvalue weighted by molar-refractivity contribution is 5.77. The van der Waals surface area contributed by atoms with Crippen LogP contribution in [0.15, 0.2) is 64.5 Å². The molecular formula is C26H31N7O4. The van der Waals surface area contributed by atoms with Gasteiger partial charge in [0, 0.05) is 25.2 Å². The van der Waals surface area contributed by atoms with Crippen molar-refractivity contribution in [3.05, 3.63) is 70.6 Å². The van der Waals surface area contributed by atoms with E-state index < -0.39 is 0 Å². The molecule has 1 amide bonds. The molecule has 4 rings (SSSR count). The fourth-order valence-electron chi connectivity index (χ4n) is 3.89. The van der Waals surface area contributed by atoms with Crippen LogP contribution in [-0.4, -0.2) is 47.8 Å². The molecule has 6 N–H and O–H groups in total. The minimum atomic E-state index is -0.383. The maximum Gasteiger partial charge on any atom is 0.294 e. The number of guanidine groups is 1. The Morgan fingerprint density at radius 2 is 1.86 bits per heavy atom. The Morgan fingerprint density at radius 1 is 1.05 bits per heavy atom. The first-order valence-corrected chi connectivity index (χ1v) is 12.1. The van der Waals surface area contributed by atoms with Gasteiger partial charge in [0.1, 0.15) is 6.54 Å². The third-order valence-corrected chi connectivity index (χ3v) is 5.77. The molecule has 11 heteroatoms. The van der Waals surface area contributed by atoms with Gasteiger partial charge in [-0.15, -0.1) is 0 Å². The summed E-state index contributed by atoms with van der Waals surface area (Å²) in [7, 11) is 0. The van der Waals surface area contributed by atoms with Gasteiger partial charge >= 0.3 is 0 Å². The standard InChI is InChI=1S/C26H31N7O4/c27-26(28)31-12-5-4-11-29-23(34)16-33-20(19-8-9-21-22(14-19)37-17-36-21)15-32-24(25(33)35)30-13-10-18-6-2-1-3-7-18/h1-3,6-9,14-15H,4-5,10-13,16-17H2,(H,29,34)(H,30,32)(H4,27,28,31). The predicted molar refractivity (Wildman–Crippen MR) is 142 cm³/mol. The lowest BCUT2D eigenvalue weighted by Crippen LogP contribution is -2.35. The normalized spacial score (nSPS) is 11.7. The number of ether oxygens (including phenoxy) is 2. The number of fused-ring (bicyclic) bond motifs is 1. The first-order chi connectivity index (χ1) is 18.0. The molecule has 1 aliphatic rings. The highest BCUT2D eigenvalue weighted by Crippen LogP contribution is 2.35. The molecule has 0 saturated heterocycles. The maximum absolute atomic E-state index is 13.4. The molecule has 2 heterocycles. The van der Waals surface area contributed by atoms with E-state index in [1.54, 1.807) is 18.3 Å². The number of aliphatic imine (C=N–C) groups is 1. The minimum Gasteiger partial charge on any atom is -0.454 e. The number of hydrogen-bond acceptors (Lipinski definition) is 7. The van der Waals surface area contributed by atoms with Crippen molar-refractivity contribution in [1.29, 1.82) is 0 Å². The molecule has 2 aromatic carbocycles. The van der Waals surface area contributed by atoms with Gasteiger partial charge in [-0.3, -0.25) is 19.1 Å². The van der Waals surface area contributed by atoms with E-state index in [1.807, 2.05) is 36.4 Å². The summed E-state index contributed by atoms with van der Waals surface area (Å²) in [5.41, 5.74) is 12.6. The van der Waals surface area contributed by atoms with Gasteiger partial charge in [0.05, 0.1) is 11.9 Å². The Kier molecular flexibility index (Phi) is 8.58. The number of aromatic nitrogens is 2. The third-order valence-electron chi connectivity index (χ3n) is 5.77. The number of unbranched alkanes of at least 4 members (excludes halogenated alkanes) is 1. The number of carbonyl (C=O) groups excluding carboxylic acids is 1. The SMILES string of the molecule is NC(N)=NCCCCNC(=O)Cn1c(-c2ccc3c(c2)OCO3)cnc(NCCc2ccccc2)c1=O. The summed E-state index contributed by atoms with van der Waals surface area (Å²) in [4.78, 5) is 34.5. The average Bonchev–Trinajstić information content (AvgIpc) is 3.37. The molecule has 37 heavy (non-hydrogen) atoms. The van der Waals surface area contributed by atoms with E-state index in [0.29, 0.717) is 48.8 Å². The molecule has 0 atom stereocenters. The molecule has 0 bridgehead atoms. The van der Waals surface area contributed by atoms with Crippen LogP contribution in [0.2, 0.25) is 0 Å². The van der Waals surface area contributed by atoms with Gasteiger partial charge in [-0.2, -0.15) is 0 Å². The van der Waals surface area contributed by atoms with Crippen molar-refractivity contribution in [3.63, 3.8) is 0 Å². The minimum absolute atomic E-state index is 0.0466. The number of rotatable bonds is 12. The van der Waals surface area contributed by atoms with E-state index in [-0.39, 0.29) is 36.6 Å². The van der Waals surface area contributed by atoms with Crippen LogP contribution < -0.4 is 37.1 Å². The Labute approximate surface area is 214 Å². The van der Waals surface area contributed by atoms with Crippen molar-refractivity contribution in [1.82, 2.24) is 14.9 Å². The van der Waals surface area contributed by atoms with Crippen LogP contribution in [0, 0.1) is 0 Å². The number of anilines is 1. The summed E-state index contributed by atoms with van der Waals surface area (Å²) in [6, 6.07) is 15.3. The van der Waals surface area contributed by atoms with Gasteiger partial charge in [-0.05, 0) is 43.0 Å². The Balaban J connectivity index is 1.49. The molecule has 0 unspecified atom stereocenters. The second kappa shape index (κ2) is 12.4. The van der Waals surface area contributed by atoms with Crippen LogP contribution in [0.5, 0.6) is 11.5 Å². The van der Waals surface area contributed by atoms with E-state index in [2.05, 4.69) is 20.6 Å². The van der Waals surface area contributed by atoms with Gasteiger partial charge in [0.15, 0.2) is 23.3 Å². The van der Waals surface area contributed by atoms with Crippen molar-refractivity contribution in [3.8, 4) is 22.8 Å². The first-order valence-electron chi connectivity index (χ1n) is 12.1. The van der Waals surface area contributed by atoms with Crippen LogP contribution >= 0.6 is 0 Å². The second-order valence-electron chi connectivity index (χ2n) is 8.48. The summed E-state index contributed by atoms with van der Waals surface area (Å²) in [5, 5.41) is 5.97. The smallest absolute Gasteiger partial charge is 0.294 e. The van der Waals surface area contributed by atoms with Crippen LogP contribution in [0.3, 0.4) is 0 Å². The van der Waals surface area contributed by atoms with Gasteiger partial charge in [0.2, 0.25) is 12.7 Å².